The van der Waals surface area contributed by atoms with Crippen LogP contribution in [0.1, 0.15) is 36.2 Å². The number of nitrogens with zero attached hydrogens (tertiary/aromatic N) is 2. The minimum absolute atomic E-state index is 0.101. The van der Waals surface area contributed by atoms with Crippen LogP contribution in [0.3, 0.4) is 0 Å². The largest absolute Gasteiger partial charge is 0.309 e. The van der Waals surface area contributed by atoms with Crippen molar-refractivity contribution < 1.29 is 0 Å². The Labute approximate surface area is 367 Å². The molecule has 0 N–H and O–H groups in total. The number of hydrogen-bond acceptors (Lipinski definition) is 0. The molecule has 11 aromatic rings. The summed E-state index contributed by atoms with van der Waals surface area (Å²) in [5.74, 6) is 0. The maximum atomic E-state index is 4.34. The van der Waals surface area contributed by atoms with E-state index in [1.807, 2.05) is 12.2 Å². The summed E-state index contributed by atoms with van der Waals surface area (Å²) in [5.41, 5.74) is 23.2. The smallest absolute Gasteiger partial charge is 0.0553 e. The fraction of sp³-hybridized carbons (Fsp3) is 0.0492. The highest BCUT2D eigenvalue weighted by Gasteiger charge is 2.35. The molecule has 0 saturated carbocycles. The van der Waals surface area contributed by atoms with Crippen LogP contribution in [0.2, 0.25) is 0 Å². The Morgan fingerprint density at radius 2 is 1.00 bits per heavy atom. The van der Waals surface area contributed by atoms with Crippen molar-refractivity contribution in [2.24, 2.45) is 0 Å². The lowest BCUT2D eigenvalue weighted by molar-refractivity contribution is 0.660. The monoisotopic (exact) mass is 802 g/mol. The Balaban J connectivity index is 1.03. The molecule has 0 spiro atoms. The van der Waals surface area contributed by atoms with E-state index in [1.165, 1.54) is 93.8 Å². The molecule has 2 heterocycles. The van der Waals surface area contributed by atoms with Crippen LogP contribution in [0.25, 0.3) is 123 Å². The van der Waals surface area contributed by atoms with Crippen LogP contribution in [-0.4, -0.2) is 9.13 Å². The number of aromatic nitrogens is 2. The second-order valence-electron chi connectivity index (χ2n) is 17.8. The molecule has 0 atom stereocenters. The number of hydrogen-bond donors (Lipinski definition) is 0. The molecule has 2 aliphatic rings. The van der Waals surface area contributed by atoms with E-state index < -0.39 is 0 Å². The van der Waals surface area contributed by atoms with Crippen molar-refractivity contribution in [3.63, 3.8) is 0 Å². The Morgan fingerprint density at radius 3 is 1.78 bits per heavy atom. The second-order valence-corrected chi connectivity index (χ2v) is 17.8. The fourth-order valence-electron chi connectivity index (χ4n) is 11.3. The Morgan fingerprint density at radius 1 is 0.381 bits per heavy atom. The van der Waals surface area contributed by atoms with Gasteiger partial charge in [-0.3, -0.25) is 0 Å². The van der Waals surface area contributed by atoms with E-state index in [9.17, 15) is 0 Å². The molecule has 63 heavy (non-hydrogen) atoms. The topological polar surface area (TPSA) is 9.86 Å². The molecule has 296 valence electrons. The molecular weight excluding hydrogens is 761 g/mol. The van der Waals surface area contributed by atoms with E-state index in [2.05, 4.69) is 218 Å². The zero-order chi connectivity index (χ0) is 42.1. The third-order valence-electron chi connectivity index (χ3n) is 14.2. The first-order valence-corrected chi connectivity index (χ1v) is 21.9. The number of fused-ring (bicyclic) bond motifs is 11. The van der Waals surface area contributed by atoms with Crippen molar-refractivity contribution in [1.82, 2.24) is 9.13 Å². The van der Waals surface area contributed by atoms with E-state index >= 15 is 0 Å². The highest BCUT2D eigenvalue weighted by molar-refractivity contribution is 6.29. The summed E-state index contributed by atoms with van der Waals surface area (Å²) in [5, 5.41) is 6.29. The maximum absolute atomic E-state index is 4.34. The highest BCUT2D eigenvalue weighted by atomic mass is 15.0. The standard InChI is InChI=1S/C61H42N2/c1-5-43-50-33-39(26-30-56(50)62(55(43)6-2)42-28-29-47-46-22-12-13-25-53(46)61(3,4)54(47)35-42)40-27-31-57-52(34-40)60-49-24-15-23-48-44-20-10-11-21-45(44)51(59(48)49)36-58(60)63(57)41-19-14-18-38(32-41)37-16-8-7-9-17-37/h5-36H,1-2H2,3-4H3. The summed E-state index contributed by atoms with van der Waals surface area (Å²) in [7, 11) is 0. The van der Waals surface area contributed by atoms with E-state index in [-0.39, 0.29) is 5.41 Å². The molecule has 0 radical (unpaired) electrons. The van der Waals surface area contributed by atoms with Crippen molar-refractivity contribution in [3.05, 3.63) is 218 Å². The lowest BCUT2D eigenvalue weighted by Crippen LogP contribution is -2.15. The van der Waals surface area contributed by atoms with Gasteiger partial charge in [0.25, 0.3) is 0 Å². The minimum Gasteiger partial charge on any atom is -0.309 e. The van der Waals surface area contributed by atoms with Gasteiger partial charge in [0.1, 0.15) is 0 Å². The predicted octanol–water partition coefficient (Wildman–Crippen LogP) is 16.5. The van der Waals surface area contributed by atoms with Crippen LogP contribution < -0.4 is 0 Å². The molecule has 2 aliphatic carbocycles. The van der Waals surface area contributed by atoms with Crippen LogP contribution in [-0.2, 0) is 5.41 Å². The van der Waals surface area contributed by atoms with Gasteiger partial charge in [0.05, 0.1) is 22.2 Å². The van der Waals surface area contributed by atoms with Gasteiger partial charge in [-0.1, -0.05) is 160 Å². The van der Waals surface area contributed by atoms with E-state index in [0.717, 1.165) is 39.1 Å². The van der Waals surface area contributed by atoms with Crippen LogP contribution in [0.4, 0.5) is 0 Å². The van der Waals surface area contributed by atoms with Crippen LogP contribution in [0, 0.1) is 0 Å². The molecule has 0 unspecified atom stereocenters. The Bertz CT molecular complexity index is 3790. The summed E-state index contributed by atoms with van der Waals surface area (Å²) in [6, 6.07) is 67.6. The summed E-state index contributed by atoms with van der Waals surface area (Å²) < 4.78 is 4.85. The Hall–Kier alpha value is -7.94. The summed E-state index contributed by atoms with van der Waals surface area (Å²) in [6.07, 6.45) is 3.98. The predicted molar refractivity (Wildman–Crippen MR) is 268 cm³/mol. The lowest BCUT2D eigenvalue weighted by atomic mass is 9.82. The molecule has 0 fully saturated rings. The van der Waals surface area contributed by atoms with Crippen molar-refractivity contribution in [3.8, 4) is 67.0 Å². The van der Waals surface area contributed by atoms with Gasteiger partial charge in [0, 0.05) is 38.5 Å². The van der Waals surface area contributed by atoms with Gasteiger partial charge >= 0.3 is 0 Å². The molecule has 2 nitrogen and oxygen atoms in total. The van der Waals surface area contributed by atoms with Crippen molar-refractivity contribution in [2.45, 2.75) is 19.3 Å². The molecule has 2 aromatic heterocycles. The van der Waals surface area contributed by atoms with Gasteiger partial charge in [-0.2, -0.15) is 0 Å². The minimum atomic E-state index is -0.101. The average molecular weight is 803 g/mol. The van der Waals surface area contributed by atoms with Crippen molar-refractivity contribution >= 4 is 55.6 Å². The highest BCUT2D eigenvalue weighted by Crippen LogP contribution is 2.52. The summed E-state index contributed by atoms with van der Waals surface area (Å²) in [4.78, 5) is 0. The molecule has 13 rings (SSSR count). The zero-order valence-electron chi connectivity index (χ0n) is 35.3. The molecular formula is C61H42N2. The molecule has 9 aromatic carbocycles. The maximum Gasteiger partial charge on any atom is 0.0553 e. The van der Waals surface area contributed by atoms with Gasteiger partial charge in [-0.15, -0.1) is 0 Å². The first kappa shape index (κ1) is 35.8. The Kier molecular flexibility index (Phi) is 7.40. The van der Waals surface area contributed by atoms with Gasteiger partial charge in [0.2, 0.25) is 0 Å². The number of rotatable bonds is 6. The van der Waals surface area contributed by atoms with Crippen LogP contribution >= 0.6 is 0 Å². The molecule has 2 heteroatoms. The number of benzene rings is 9. The van der Waals surface area contributed by atoms with Crippen molar-refractivity contribution in [1.29, 1.82) is 0 Å². The zero-order valence-corrected chi connectivity index (χ0v) is 35.3. The van der Waals surface area contributed by atoms with Gasteiger partial charge in [-0.05, 0) is 138 Å². The first-order chi connectivity index (χ1) is 30.9. The quantitative estimate of drug-likeness (QED) is 0.158. The van der Waals surface area contributed by atoms with Gasteiger partial charge < -0.3 is 9.13 Å². The fourth-order valence-corrected chi connectivity index (χ4v) is 11.3. The van der Waals surface area contributed by atoms with E-state index in [4.69, 9.17) is 0 Å². The summed E-state index contributed by atoms with van der Waals surface area (Å²) in [6.45, 7) is 13.4. The van der Waals surface area contributed by atoms with E-state index in [0.29, 0.717) is 0 Å². The third kappa shape index (κ3) is 4.89. The molecule has 0 amide bonds. The SMILES string of the molecule is C=Cc1c(C=C)n(-c2ccc3c(c2)C(C)(C)c2ccccc2-3)c2ccc(-c3ccc4c(c3)c3c5cccc6c5c(cc3n4-c3cccc(-c4ccccc4)c3)-c3ccccc3-6)cc12. The molecule has 0 aliphatic heterocycles. The van der Waals surface area contributed by atoms with E-state index in [1.54, 1.807) is 0 Å². The first-order valence-electron chi connectivity index (χ1n) is 21.9. The van der Waals surface area contributed by atoms with Gasteiger partial charge in [0.15, 0.2) is 0 Å². The van der Waals surface area contributed by atoms with Crippen LogP contribution in [0.5, 0.6) is 0 Å². The van der Waals surface area contributed by atoms with Gasteiger partial charge in [-0.25, -0.2) is 0 Å². The molecule has 0 bridgehead atoms. The third-order valence-corrected chi connectivity index (χ3v) is 14.2. The normalized spacial score (nSPS) is 13.2. The van der Waals surface area contributed by atoms with Crippen LogP contribution in [0.15, 0.2) is 195 Å². The lowest BCUT2D eigenvalue weighted by Gasteiger charge is -2.22. The molecule has 0 saturated heterocycles. The van der Waals surface area contributed by atoms with Crippen molar-refractivity contribution in [2.75, 3.05) is 0 Å². The summed E-state index contributed by atoms with van der Waals surface area (Å²) >= 11 is 0. The average Bonchev–Trinajstić information content (AvgIpc) is 4.02. The second kappa shape index (κ2) is 13.0.